The van der Waals surface area contributed by atoms with E-state index in [2.05, 4.69) is 0 Å². The second-order valence-corrected chi connectivity index (χ2v) is 3.60. The van der Waals surface area contributed by atoms with E-state index in [4.69, 9.17) is 0 Å². The van der Waals surface area contributed by atoms with Crippen molar-refractivity contribution in [3.8, 4) is 0 Å². The SMILES string of the molecule is O=CC(F)(F)C1CCCS1. The summed E-state index contributed by atoms with van der Waals surface area (Å²) >= 11 is 1.19. The van der Waals surface area contributed by atoms with Gasteiger partial charge < -0.3 is 0 Å². The first-order valence-electron chi connectivity index (χ1n) is 3.12. The maximum atomic E-state index is 12.5. The highest BCUT2D eigenvalue weighted by atomic mass is 32.2. The van der Waals surface area contributed by atoms with Crippen molar-refractivity contribution >= 4 is 18.0 Å². The molecule has 1 unspecified atom stereocenters. The molecule has 0 spiro atoms. The van der Waals surface area contributed by atoms with Crippen molar-refractivity contribution in [2.45, 2.75) is 24.0 Å². The van der Waals surface area contributed by atoms with Gasteiger partial charge in [-0.25, -0.2) is 0 Å². The molecule has 1 saturated heterocycles. The molecule has 1 aliphatic rings. The van der Waals surface area contributed by atoms with E-state index in [1.165, 1.54) is 11.8 Å². The molecule has 0 N–H and O–H groups in total. The van der Waals surface area contributed by atoms with Crippen LogP contribution in [-0.4, -0.2) is 23.2 Å². The smallest absolute Gasteiger partial charge is 0.297 e. The van der Waals surface area contributed by atoms with Gasteiger partial charge in [0.15, 0.2) is 6.29 Å². The summed E-state index contributed by atoms with van der Waals surface area (Å²) in [5.74, 6) is -2.34. The second-order valence-electron chi connectivity index (χ2n) is 2.29. The van der Waals surface area contributed by atoms with Gasteiger partial charge in [0.1, 0.15) is 0 Å². The molecule has 1 atom stereocenters. The Hall–Kier alpha value is -0.120. The van der Waals surface area contributed by atoms with Crippen LogP contribution < -0.4 is 0 Å². The summed E-state index contributed by atoms with van der Waals surface area (Å²) in [6.07, 6.45) is 1.03. The van der Waals surface area contributed by atoms with Crippen LogP contribution in [0.4, 0.5) is 8.78 Å². The largest absolute Gasteiger partial charge is 0.313 e. The Balaban J connectivity index is 2.53. The van der Waals surface area contributed by atoms with Crippen molar-refractivity contribution in [3.63, 3.8) is 0 Å². The minimum atomic E-state index is -3.10. The topological polar surface area (TPSA) is 17.1 Å². The molecule has 0 aliphatic carbocycles. The van der Waals surface area contributed by atoms with Crippen LogP contribution in [0.5, 0.6) is 0 Å². The van der Waals surface area contributed by atoms with Crippen molar-refractivity contribution in [3.05, 3.63) is 0 Å². The van der Waals surface area contributed by atoms with Crippen LogP contribution in [-0.2, 0) is 4.79 Å². The first-order valence-corrected chi connectivity index (χ1v) is 4.17. The van der Waals surface area contributed by atoms with Gasteiger partial charge in [-0.2, -0.15) is 20.5 Å². The lowest BCUT2D eigenvalue weighted by Crippen LogP contribution is -2.30. The molecule has 0 saturated carbocycles. The number of carbonyl (C=O) groups excluding carboxylic acids is 1. The van der Waals surface area contributed by atoms with E-state index >= 15 is 0 Å². The molecular weight excluding hydrogens is 158 g/mol. The third-order valence-electron chi connectivity index (χ3n) is 1.52. The molecule has 0 bridgehead atoms. The van der Waals surface area contributed by atoms with E-state index < -0.39 is 11.2 Å². The highest BCUT2D eigenvalue weighted by Crippen LogP contribution is 2.36. The zero-order valence-electron chi connectivity index (χ0n) is 5.35. The van der Waals surface area contributed by atoms with Crippen LogP contribution in [0.2, 0.25) is 0 Å². The minimum Gasteiger partial charge on any atom is -0.297 e. The summed E-state index contributed by atoms with van der Waals surface area (Å²) in [7, 11) is 0. The van der Waals surface area contributed by atoms with Gasteiger partial charge >= 0.3 is 5.92 Å². The van der Waals surface area contributed by atoms with Gasteiger partial charge in [-0.3, -0.25) is 4.79 Å². The van der Waals surface area contributed by atoms with Crippen molar-refractivity contribution in [2.24, 2.45) is 0 Å². The zero-order chi connectivity index (χ0) is 7.61. The molecule has 0 radical (unpaired) electrons. The first-order chi connectivity index (χ1) is 4.67. The number of alkyl halides is 2. The summed E-state index contributed by atoms with van der Waals surface area (Å²) in [6.45, 7) is 0. The van der Waals surface area contributed by atoms with Crippen molar-refractivity contribution in [1.29, 1.82) is 0 Å². The molecule has 1 nitrogen and oxygen atoms in total. The number of halogens is 2. The number of hydrogen-bond acceptors (Lipinski definition) is 2. The molecule has 1 heterocycles. The van der Waals surface area contributed by atoms with Crippen molar-refractivity contribution in [1.82, 2.24) is 0 Å². The number of thioether (sulfide) groups is 1. The van der Waals surface area contributed by atoms with Crippen LogP contribution in [0.3, 0.4) is 0 Å². The highest BCUT2D eigenvalue weighted by molar-refractivity contribution is 8.00. The summed E-state index contributed by atoms with van der Waals surface area (Å²) in [4.78, 5) is 9.85. The van der Waals surface area contributed by atoms with E-state index in [1.807, 2.05) is 0 Å². The second kappa shape index (κ2) is 2.86. The lowest BCUT2D eigenvalue weighted by atomic mass is 10.2. The van der Waals surface area contributed by atoms with Crippen molar-refractivity contribution < 1.29 is 13.6 Å². The molecular formula is C6H8F2OS. The van der Waals surface area contributed by atoms with Gasteiger partial charge in [0.05, 0.1) is 5.25 Å². The molecule has 0 aromatic rings. The fraction of sp³-hybridized carbons (Fsp3) is 0.833. The zero-order valence-corrected chi connectivity index (χ0v) is 6.16. The Kier molecular flexibility index (Phi) is 2.28. The van der Waals surface area contributed by atoms with Gasteiger partial charge in [0, 0.05) is 0 Å². The van der Waals surface area contributed by atoms with Gasteiger partial charge in [-0.1, -0.05) is 0 Å². The van der Waals surface area contributed by atoms with E-state index in [0.717, 1.165) is 12.2 Å². The van der Waals surface area contributed by atoms with Crippen LogP contribution >= 0.6 is 11.8 Å². The molecule has 0 aromatic carbocycles. The highest BCUT2D eigenvalue weighted by Gasteiger charge is 2.41. The third-order valence-corrected chi connectivity index (χ3v) is 2.99. The normalized spacial score (nSPS) is 26.8. The number of rotatable bonds is 2. The van der Waals surface area contributed by atoms with Gasteiger partial charge in [0.25, 0.3) is 0 Å². The Labute approximate surface area is 62.2 Å². The molecule has 0 amide bonds. The molecule has 0 aromatic heterocycles. The Morgan fingerprint density at radius 2 is 2.30 bits per heavy atom. The van der Waals surface area contributed by atoms with Gasteiger partial charge in [0.2, 0.25) is 0 Å². The Bertz CT molecular complexity index is 132. The predicted molar refractivity (Wildman–Crippen MR) is 36.5 cm³/mol. The lowest BCUT2D eigenvalue weighted by Gasteiger charge is -2.14. The average molecular weight is 166 g/mol. The van der Waals surface area contributed by atoms with E-state index in [0.29, 0.717) is 6.42 Å². The molecule has 1 rings (SSSR count). The Morgan fingerprint density at radius 1 is 1.60 bits per heavy atom. The quantitative estimate of drug-likeness (QED) is 0.581. The van der Waals surface area contributed by atoms with E-state index in [-0.39, 0.29) is 6.29 Å². The van der Waals surface area contributed by atoms with Crippen molar-refractivity contribution in [2.75, 3.05) is 5.75 Å². The average Bonchev–Trinajstić information content (AvgIpc) is 2.38. The fourth-order valence-electron chi connectivity index (χ4n) is 0.957. The monoisotopic (exact) mass is 166 g/mol. The first kappa shape index (κ1) is 7.98. The summed E-state index contributed by atoms with van der Waals surface area (Å²) < 4.78 is 24.9. The maximum Gasteiger partial charge on any atom is 0.313 e. The summed E-state index contributed by atoms with van der Waals surface area (Å²) in [5.41, 5.74) is 0. The van der Waals surface area contributed by atoms with Gasteiger partial charge in [-0.15, -0.1) is 0 Å². The summed E-state index contributed by atoms with van der Waals surface area (Å²) in [6, 6.07) is 0. The van der Waals surface area contributed by atoms with Crippen LogP contribution in [0.1, 0.15) is 12.8 Å². The summed E-state index contributed by atoms with van der Waals surface area (Å²) in [5, 5.41) is -0.759. The standard InChI is InChI=1S/C6H8F2OS/c7-6(8,4-9)5-2-1-3-10-5/h4-5H,1-3H2. The fourth-order valence-corrected chi connectivity index (χ4v) is 2.19. The van der Waals surface area contributed by atoms with E-state index in [1.54, 1.807) is 0 Å². The number of carbonyl (C=O) groups is 1. The van der Waals surface area contributed by atoms with Crippen LogP contribution in [0, 0.1) is 0 Å². The predicted octanol–water partition coefficient (Wildman–Crippen LogP) is 1.72. The molecule has 1 fully saturated rings. The number of hydrogen-bond donors (Lipinski definition) is 0. The van der Waals surface area contributed by atoms with Crippen LogP contribution in [0.15, 0.2) is 0 Å². The third kappa shape index (κ3) is 1.48. The minimum absolute atomic E-state index is 0.240. The molecule has 4 heteroatoms. The van der Waals surface area contributed by atoms with Gasteiger partial charge in [-0.05, 0) is 18.6 Å². The lowest BCUT2D eigenvalue weighted by molar-refractivity contribution is -0.129. The van der Waals surface area contributed by atoms with Crippen LogP contribution in [0.25, 0.3) is 0 Å². The molecule has 1 aliphatic heterocycles. The maximum absolute atomic E-state index is 12.5. The van der Waals surface area contributed by atoms with E-state index in [9.17, 15) is 13.6 Å². The molecule has 58 valence electrons. The molecule has 10 heavy (non-hydrogen) atoms. The number of aldehydes is 1. The Morgan fingerprint density at radius 3 is 2.70 bits per heavy atom.